The van der Waals surface area contributed by atoms with Gasteiger partial charge in [-0.1, -0.05) is 12.1 Å². The zero-order valence-corrected chi connectivity index (χ0v) is 12.2. The number of benzene rings is 2. The maximum Gasteiger partial charge on any atom is 0.239 e. The van der Waals surface area contributed by atoms with Gasteiger partial charge < -0.3 is 5.32 Å². The second-order valence-corrected chi connectivity index (χ2v) is 6.62. The Hall–Kier alpha value is -2.21. The third-order valence-electron chi connectivity index (χ3n) is 2.80. The smallest absolute Gasteiger partial charge is 0.239 e. The van der Waals surface area contributed by atoms with E-state index in [4.69, 9.17) is 0 Å². The highest BCUT2D eigenvalue weighted by molar-refractivity contribution is 7.92. The summed E-state index contributed by atoms with van der Waals surface area (Å²) < 4.78 is 36.8. The summed E-state index contributed by atoms with van der Waals surface area (Å²) in [5.74, 6) is -1.85. The summed E-state index contributed by atoms with van der Waals surface area (Å²) in [6.45, 7) is 1.87. The van der Waals surface area contributed by atoms with Crippen LogP contribution in [0.4, 0.5) is 10.1 Å². The predicted molar refractivity (Wildman–Crippen MR) is 78.3 cm³/mol. The number of hydrogen-bond donors (Lipinski definition) is 1. The first-order valence-corrected chi connectivity index (χ1v) is 7.87. The minimum Gasteiger partial charge on any atom is -0.325 e. The van der Waals surface area contributed by atoms with Crippen LogP contribution >= 0.6 is 0 Å². The molecule has 0 aliphatic rings. The molecular weight excluding hydrogens is 293 g/mol. The first-order chi connectivity index (χ1) is 9.87. The van der Waals surface area contributed by atoms with Crippen molar-refractivity contribution in [3.05, 3.63) is 59.9 Å². The van der Waals surface area contributed by atoms with Crippen LogP contribution in [0, 0.1) is 12.7 Å². The quantitative estimate of drug-likeness (QED) is 0.883. The molecule has 4 nitrogen and oxygen atoms in total. The van der Waals surface area contributed by atoms with E-state index in [1.54, 1.807) is 18.2 Å². The highest BCUT2D eigenvalue weighted by atomic mass is 32.2. The van der Waals surface area contributed by atoms with E-state index in [2.05, 4.69) is 5.32 Å². The molecule has 6 heteroatoms. The van der Waals surface area contributed by atoms with Crippen molar-refractivity contribution in [2.24, 2.45) is 0 Å². The van der Waals surface area contributed by atoms with Crippen LogP contribution in [0.1, 0.15) is 5.56 Å². The van der Waals surface area contributed by atoms with E-state index in [0.717, 1.165) is 29.8 Å². The lowest BCUT2D eigenvalue weighted by molar-refractivity contribution is -0.113. The van der Waals surface area contributed by atoms with Crippen LogP contribution in [0.2, 0.25) is 0 Å². The second kappa shape index (κ2) is 6.05. The number of carbonyl (C=O) groups is 1. The molecule has 0 spiro atoms. The van der Waals surface area contributed by atoms with Crippen molar-refractivity contribution in [3.8, 4) is 0 Å². The molecule has 2 rings (SSSR count). The lowest BCUT2D eigenvalue weighted by atomic mass is 10.2. The Morgan fingerprint density at radius 3 is 2.43 bits per heavy atom. The molecule has 0 aliphatic heterocycles. The first kappa shape index (κ1) is 15.2. The number of rotatable bonds is 4. The fraction of sp³-hybridized carbons (Fsp3) is 0.133. The Balaban J connectivity index is 2.09. The van der Waals surface area contributed by atoms with E-state index < -0.39 is 27.3 Å². The molecule has 0 heterocycles. The van der Waals surface area contributed by atoms with Gasteiger partial charge in [-0.25, -0.2) is 12.8 Å². The van der Waals surface area contributed by atoms with Gasteiger partial charge >= 0.3 is 0 Å². The molecule has 0 aromatic heterocycles. The number of anilines is 1. The standard InChI is InChI=1S/C15H14FNO3S/c1-11-3-2-4-13(9-11)17-15(18)10-21(19,20)14-7-5-12(16)6-8-14/h2-9H,10H2,1H3,(H,17,18). The molecule has 0 saturated carbocycles. The minimum absolute atomic E-state index is 0.0803. The Morgan fingerprint density at radius 2 is 1.81 bits per heavy atom. The van der Waals surface area contributed by atoms with E-state index >= 15 is 0 Å². The van der Waals surface area contributed by atoms with Gasteiger partial charge in [0.05, 0.1) is 4.90 Å². The highest BCUT2D eigenvalue weighted by Crippen LogP contribution is 2.14. The zero-order chi connectivity index (χ0) is 15.5. The topological polar surface area (TPSA) is 63.2 Å². The molecule has 0 radical (unpaired) electrons. The maximum absolute atomic E-state index is 12.8. The van der Waals surface area contributed by atoms with Crippen LogP contribution < -0.4 is 5.32 Å². The molecule has 0 unspecified atom stereocenters. The van der Waals surface area contributed by atoms with E-state index in [0.29, 0.717) is 5.69 Å². The van der Waals surface area contributed by atoms with E-state index in [1.165, 1.54) is 0 Å². The first-order valence-electron chi connectivity index (χ1n) is 6.22. The number of amides is 1. The van der Waals surface area contributed by atoms with E-state index in [9.17, 15) is 17.6 Å². The summed E-state index contributed by atoms with van der Waals surface area (Å²) in [5, 5.41) is 2.53. The Morgan fingerprint density at radius 1 is 1.14 bits per heavy atom. The Labute approximate surface area is 122 Å². The fourth-order valence-corrected chi connectivity index (χ4v) is 2.95. The molecule has 21 heavy (non-hydrogen) atoms. The fourth-order valence-electron chi connectivity index (χ4n) is 1.82. The summed E-state index contributed by atoms with van der Waals surface area (Å²) in [5.41, 5.74) is 1.49. The lowest BCUT2D eigenvalue weighted by Gasteiger charge is -2.07. The van der Waals surface area contributed by atoms with Crippen molar-refractivity contribution in [1.29, 1.82) is 0 Å². The number of nitrogens with one attached hydrogen (secondary N) is 1. The molecule has 2 aromatic rings. The number of hydrogen-bond acceptors (Lipinski definition) is 3. The van der Waals surface area contributed by atoms with Crippen molar-refractivity contribution in [1.82, 2.24) is 0 Å². The molecule has 0 saturated heterocycles. The van der Waals surface area contributed by atoms with Crippen molar-refractivity contribution in [3.63, 3.8) is 0 Å². The summed E-state index contributed by atoms with van der Waals surface area (Å²) in [4.78, 5) is 11.7. The third-order valence-corrected chi connectivity index (χ3v) is 4.43. The minimum atomic E-state index is -3.79. The largest absolute Gasteiger partial charge is 0.325 e. The van der Waals surface area contributed by atoms with E-state index in [-0.39, 0.29) is 4.90 Å². The van der Waals surface area contributed by atoms with Crippen LogP contribution in [0.15, 0.2) is 53.4 Å². The molecule has 110 valence electrons. The molecule has 1 amide bonds. The SMILES string of the molecule is Cc1cccc(NC(=O)CS(=O)(=O)c2ccc(F)cc2)c1. The predicted octanol–water partition coefficient (Wildman–Crippen LogP) is 2.55. The van der Waals surface area contributed by atoms with Crippen molar-refractivity contribution >= 4 is 21.4 Å². The van der Waals surface area contributed by atoms with Crippen LogP contribution in [-0.4, -0.2) is 20.1 Å². The number of halogens is 1. The van der Waals surface area contributed by atoms with Gasteiger partial charge in [0.1, 0.15) is 11.6 Å². The summed E-state index contributed by atoms with van der Waals surface area (Å²) in [6, 6.07) is 11.4. The molecular formula is C15H14FNO3S. The van der Waals surface area contributed by atoms with Gasteiger partial charge in [0.2, 0.25) is 5.91 Å². The molecule has 0 fully saturated rings. The van der Waals surface area contributed by atoms with E-state index in [1.807, 2.05) is 13.0 Å². The van der Waals surface area contributed by atoms with Crippen LogP contribution in [0.5, 0.6) is 0 Å². The van der Waals surface area contributed by atoms with Gasteiger partial charge in [-0.2, -0.15) is 0 Å². The Kier molecular flexibility index (Phi) is 4.37. The summed E-state index contributed by atoms with van der Waals surface area (Å²) in [7, 11) is -3.79. The second-order valence-electron chi connectivity index (χ2n) is 4.63. The van der Waals surface area contributed by atoms with Crippen molar-refractivity contribution in [2.75, 3.05) is 11.1 Å². The van der Waals surface area contributed by atoms with Gasteiger partial charge in [0, 0.05) is 5.69 Å². The molecule has 0 atom stereocenters. The lowest BCUT2D eigenvalue weighted by Crippen LogP contribution is -2.23. The number of sulfone groups is 1. The average Bonchev–Trinajstić information content (AvgIpc) is 2.38. The van der Waals surface area contributed by atoms with Gasteiger partial charge in [0.15, 0.2) is 9.84 Å². The highest BCUT2D eigenvalue weighted by Gasteiger charge is 2.19. The summed E-state index contributed by atoms with van der Waals surface area (Å²) in [6.07, 6.45) is 0. The molecule has 1 N–H and O–H groups in total. The van der Waals surface area contributed by atoms with Gasteiger partial charge in [-0.05, 0) is 48.9 Å². The van der Waals surface area contributed by atoms with Crippen molar-refractivity contribution < 1.29 is 17.6 Å². The third kappa shape index (κ3) is 4.13. The van der Waals surface area contributed by atoms with Crippen LogP contribution in [0.25, 0.3) is 0 Å². The molecule has 0 bridgehead atoms. The zero-order valence-electron chi connectivity index (χ0n) is 11.3. The normalized spacial score (nSPS) is 11.1. The maximum atomic E-state index is 12.8. The molecule has 2 aromatic carbocycles. The van der Waals surface area contributed by atoms with Crippen LogP contribution in [0.3, 0.4) is 0 Å². The van der Waals surface area contributed by atoms with Gasteiger partial charge in [-0.15, -0.1) is 0 Å². The number of aryl methyl sites for hydroxylation is 1. The van der Waals surface area contributed by atoms with Crippen LogP contribution in [-0.2, 0) is 14.6 Å². The number of carbonyl (C=O) groups excluding carboxylic acids is 1. The monoisotopic (exact) mass is 307 g/mol. The van der Waals surface area contributed by atoms with Gasteiger partial charge in [-0.3, -0.25) is 4.79 Å². The Bertz CT molecular complexity index is 755. The van der Waals surface area contributed by atoms with Crippen molar-refractivity contribution in [2.45, 2.75) is 11.8 Å². The van der Waals surface area contributed by atoms with Gasteiger partial charge in [0.25, 0.3) is 0 Å². The average molecular weight is 307 g/mol. The molecule has 0 aliphatic carbocycles. The summed E-state index contributed by atoms with van der Waals surface area (Å²) >= 11 is 0.